The molecule has 1 aromatic carbocycles. The molecule has 0 bridgehead atoms. The first-order valence-corrected chi connectivity index (χ1v) is 11.1. The largest absolute Gasteiger partial charge is 0.354 e. The quantitative estimate of drug-likeness (QED) is 0.378. The van der Waals surface area contributed by atoms with Crippen molar-refractivity contribution in [2.24, 2.45) is 4.99 Å². The van der Waals surface area contributed by atoms with Crippen molar-refractivity contribution in [3.8, 4) is 0 Å². The van der Waals surface area contributed by atoms with Crippen molar-refractivity contribution in [2.45, 2.75) is 64.3 Å². The minimum Gasteiger partial charge on any atom is -0.354 e. The van der Waals surface area contributed by atoms with Gasteiger partial charge < -0.3 is 10.6 Å². The average Bonchev–Trinajstić information content (AvgIpc) is 2.55. The lowest BCUT2D eigenvalue weighted by atomic mass is 10.1. The van der Waals surface area contributed by atoms with Crippen LogP contribution in [0.25, 0.3) is 0 Å². The Labute approximate surface area is 153 Å². The van der Waals surface area contributed by atoms with Gasteiger partial charge in [-0.2, -0.15) is 0 Å². The zero-order chi connectivity index (χ0) is 18.7. The van der Waals surface area contributed by atoms with Crippen LogP contribution < -0.4 is 10.6 Å². The zero-order valence-corrected chi connectivity index (χ0v) is 16.8. The van der Waals surface area contributed by atoms with Gasteiger partial charge in [0.05, 0.1) is 5.75 Å². The Bertz CT molecular complexity index is 625. The monoisotopic (exact) mass is 367 g/mol. The summed E-state index contributed by atoms with van der Waals surface area (Å²) in [6.45, 7) is 5.06. The van der Waals surface area contributed by atoms with Crippen LogP contribution >= 0.6 is 0 Å². The first kappa shape index (κ1) is 21.5. The second-order valence-corrected chi connectivity index (χ2v) is 8.85. The van der Waals surface area contributed by atoms with Crippen LogP contribution in [0.4, 0.5) is 0 Å². The van der Waals surface area contributed by atoms with Crippen molar-refractivity contribution in [3.05, 3.63) is 35.4 Å². The SMILES string of the molecule is CCCCCCC(C)NC(=NC)NCc1ccc(CS(C)(=O)=O)cc1. The van der Waals surface area contributed by atoms with E-state index in [0.29, 0.717) is 12.6 Å². The fraction of sp³-hybridized carbons (Fsp3) is 0.632. The molecule has 142 valence electrons. The molecule has 25 heavy (non-hydrogen) atoms. The molecule has 1 unspecified atom stereocenters. The van der Waals surface area contributed by atoms with E-state index in [4.69, 9.17) is 0 Å². The Morgan fingerprint density at radius 2 is 1.76 bits per heavy atom. The first-order valence-electron chi connectivity index (χ1n) is 9.06. The maximum atomic E-state index is 11.3. The molecule has 0 aliphatic rings. The summed E-state index contributed by atoms with van der Waals surface area (Å²) in [4.78, 5) is 4.27. The van der Waals surface area contributed by atoms with E-state index in [9.17, 15) is 8.42 Å². The van der Waals surface area contributed by atoms with E-state index < -0.39 is 9.84 Å². The number of hydrogen-bond donors (Lipinski definition) is 2. The molecule has 0 radical (unpaired) electrons. The van der Waals surface area contributed by atoms with E-state index in [0.717, 1.165) is 23.5 Å². The van der Waals surface area contributed by atoms with Gasteiger partial charge in [-0.25, -0.2) is 8.42 Å². The maximum Gasteiger partial charge on any atom is 0.191 e. The summed E-state index contributed by atoms with van der Waals surface area (Å²) in [6.07, 6.45) is 7.47. The summed E-state index contributed by atoms with van der Waals surface area (Å²) in [5, 5.41) is 6.72. The topological polar surface area (TPSA) is 70.6 Å². The molecule has 0 aromatic heterocycles. The van der Waals surface area contributed by atoms with E-state index in [1.165, 1.54) is 31.9 Å². The highest BCUT2D eigenvalue weighted by Crippen LogP contribution is 2.08. The number of nitrogens with one attached hydrogen (secondary N) is 2. The van der Waals surface area contributed by atoms with Crippen LogP contribution in [0.3, 0.4) is 0 Å². The average molecular weight is 368 g/mol. The molecular formula is C19H33N3O2S. The highest BCUT2D eigenvalue weighted by Gasteiger charge is 2.06. The highest BCUT2D eigenvalue weighted by atomic mass is 32.2. The molecule has 6 heteroatoms. The fourth-order valence-corrected chi connectivity index (χ4v) is 3.42. The summed E-state index contributed by atoms with van der Waals surface area (Å²) >= 11 is 0. The molecule has 1 aromatic rings. The predicted molar refractivity (Wildman–Crippen MR) is 107 cm³/mol. The molecule has 0 saturated heterocycles. The summed E-state index contributed by atoms with van der Waals surface area (Å²) in [7, 11) is -1.22. The van der Waals surface area contributed by atoms with E-state index in [-0.39, 0.29) is 5.75 Å². The highest BCUT2D eigenvalue weighted by molar-refractivity contribution is 7.89. The molecule has 2 N–H and O–H groups in total. The fourth-order valence-electron chi connectivity index (χ4n) is 2.62. The van der Waals surface area contributed by atoms with Gasteiger partial charge in [-0.15, -0.1) is 0 Å². The summed E-state index contributed by atoms with van der Waals surface area (Å²) in [6, 6.07) is 8.03. The Balaban J connectivity index is 2.41. The van der Waals surface area contributed by atoms with Crippen LogP contribution in [0.1, 0.15) is 57.1 Å². The number of rotatable bonds is 10. The minimum atomic E-state index is -2.99. The maximum absolute atomic E-state index is 11.3. The van der Waals surface area contributed by atoms with Gasteiger partial charge in [0.15, 0.2) is 15.8 Å². The molecule has 1 rings (SSSR count). The molecule has 0 amide bonds. The third-order valence-electron chi connectivity index (χ3n) is 4.01. The van der Waals surface area contributed by atoms with Crippen molar-refractivity contribution in [1.82, 2.24) is 10.6 Å². The van der Waals surface area contributed by atoms with Crippen LogP contribution in [-0.2, 0) is 22.1 Å². The number of nitrogens with zero attached hydrogens (tertiary/aromatic N) is 1. The van der Waals surface area contributed by atoms with Crippen LogP contribution in [0.15, 0.2) is 29.3 Å². The van der Waals surface area contributed by atoms with Crippen molar-refractivity contribution >= 4 is 15.8 Å². The molecule has 0 aliphatic carbocycles. The molecule has 0 spiro atoms. The molecule has 0 fully saturated rings. The molecule has 5 nitrogen and oxygen atoms in total. The van der Waals surface area contributed by atoms with Crippen molar-refractivity contribution < 1.29 is 8.42 Å². The third-order valence-corrected chi connectivity index (χ3v) is 4.87. The number of hydrogen-bond acceptors (Lipinski definition) is 3. The number of unbranched alkanes of at least 4 members (excludes halogenated alkanes) is 3. The van der Waals surface area contributed by atoms with Crippen molar-refractivity contribution in [1.29, 1.82) is 0 Å². The molecule has 0 saturated carbocycles. The summed E-state index contributed by atoms with van der Waals surface area (Å²) < 4.78 is 22.6. The molecule has 0 heterocycles. The first-order chi connectivity index (χ1) is 11.8. The number of aliphatic imine (C=N–C) groups is 1. The van der Waals surface area contributed by atoms with Crippen LogP contribution in [0, 0.1) is 0 Å². The standard InChI is InChI=1S/C19H33N3O2S/c1-5-6-7-8-9-16(2)22-19(20-3)21-14-17-10-12-18(13-11-17)15-25(4,23)24/h10-13,16H,5-9,14-15H2,1-4H3,(H2,20,21,22). The van der Waals surface area contributed by atoms with Crippen molar-refractivity contribution in [2.75, 3.05) is 13.3 Å². The smallest absolute Gasteiger partial charge is 0.191 e. The molecular weight excluding hydrogens is 334 g/mol. The summed E-state index contributed by atoms with van der Waals surface area (Å²) in [5.74, 6) is 0.877. The second-order valence-electron chi connectivity index (χ2n) is 6.71. The zero-order valence-electron chi connectivity index (χ0n) is 16.0. The van der Waals surface area contributed by atoms with Gasteiger partial charge in [-0.3, -0.25) is 4.99 Å². The Morgan fingerprint density at radius 3 is 2.32 bits per heavy atom. The number of benzene rings is 1. The van der Waals surface area contributed by atoms with Gasteiger partial charge in [0.25, 0.3) is 0 Å². The Morgan fingerprint density at radius 1 is 1.12 bits per heavy atom. The lowest BCUT2D eigenvalue weighted by Gasteiger charge is -2.18. The number of sulfone groups is 1. The van der Waals surface area contributed by atoms with E-state index in [1.807, 2.05) is 24.3 Å². The normalized spacial score (nSPS) is 13.5. The van der Waals surface area contributed by atoms with E-state index >= 15 is 0 Å². The lowest BCUT2D eigenvalue weighted by Crippen LogP contribution is -2.41. The second kappa shape index (κ2) is 11.1. The van der Waals surface area contributed by atoms with E-state index in [2.05, 4.69) is 29.5 Å². The van der Waals surface area contributed by atoms with Gasteiger partial charge >= 0.3 is 0 Å². The Kier molecular flexibility index (Phi) is 9.57. The lowest BCUT2D eigenvalue weighted by molar-refractivity contribution is 0.537. The van der Waals surface area contributed by atoms with E-state index in [1.54, 1.807) is 7.05 Å². The van der Waals surface area contributed by atoms with Gasteiger partial charge in [-0.05, 0) is 24.5 Å². The van der Waals surface area contributed by atoms with Crippen LogP contribution in [0.5, 0.6) is 0 Å². The predicted octanol–water partition coefficient (Wildman–Crippen LogP) is 3.26. The molecule has 0 aliphatic heterocycles. The van der Waals surface area contributed by atoms with Crippen LogP contribution in [0.2, 0.25) is 0 Å². The number of guanidine groups is 1. The third kappa shape index (κ3) is 10.1. The van der Waals surface area contributed by atoms with Gasteiger partial charge in [0, 0.05) is 25.9 Å². The summed E-state index contributed by atoms with van der Waals surface area (Å²) in [5.41, 5.74) is 1.91. The minimum absolute atomic E-state index is 0.0828. The van der Waals surface area contributed by atoms with Gasteiger partial charge in [-0.1, -0.05) is 56.9 Å². The van der Waals surface area contributed by atoms with Crippen molar-refractivity contribution in [3.63, 3.8) is 0 Å². The van der Waals surface area contributed by atoms with Gasteiger partial charge in [0.1, 0.15) is 0 Å². The van der Waals surface area contributed by atoms with Gasteiger partial charge in [0.2, 0.25) is 0 Å². The van der Waals surface area contributed by atoms with Crippen LogP contribution in [-0.4, -0.2) is 33.7 Å². The Hall–Kier alpha value is -1.56. The molecule has 1 atom stereocenters.